The lowest BCUT2D eigenvalue weighted by Gasteiger charge is -2.14. The molecule has 0 fully saturated rings. The molecule has 90 valence electrons. The van der Waals surface area contributed by atoms with Crippen LogP contribution in [-0.4, -0.2) is 10.3 Å². The largest absolute Gasteiger partial charge is 0.506 e. The van der Waals surface area contributed by atoms with Gasteiger partial charge in [-0.3, -0.25) is 0 Å². The van der Waals surface area contributed by atoms with Crippen LogP contribution in [0, 0.1) is 20.8 Å². The minimum Gasteiger partial charge on any atom is -0.506 e. The molecule has 1 heterocycles. The summed E-state index contributed by atoms with van der Waals surface area (Å²) in [5.74, 6) is 0.542. The van der Waals surface area contributed by atoms with Gasteiger partial charge in [0, 0.05) is 11.6 Å². The standard InChI is InChI=1S/C12H13BrN2O2/c1-5-6(2)12(16)11(13)7(3)10(5)8-4-9(14)17-15-8/h4,16H,14H2,1-3H3. The summed E-state index contributed by atoms with van der Waals surface area (Å²) in [6, 6.07) is 1.68. The third-order valence-electron chi connectivity index (χ3n) is 2.99. The summed E-state index contributed by atoms with van der Waals surface area (Å²) in [4.78, 5) is 0. The van der Waals surface area contributed by atoms with Crippen LogP contribution in [0.5, 0.6) is 5.75 Å². The molecule has 2 rings (SSSR count). The Morgan fingerprint density at radius 1 is 1.24 bits per heavy atom. The molecule has 0 saturated carbocycles. The van der Waals surface area contributed by atoms with Crippen LogP contribution in [0.4, 0.5) is 5.88 Å². The van der Waals surface area contributed by atoms with Crippen LogP contribution in [0.25, 0.3) is 11.3 Å². The summed E-state index contributed by atoms with van der Waals surface area (Å²) in [7, 11) is 0. The maximum absolute atomic E-state index is 9.93. The Hall–Kier alpha value is -1.49. The maximum Gasteiger partial charge on any atom is 0.222 e. The number of nitrogens with two attached hydrogens (primary N) is 1. The molecule has 3 N–H and O–H groups in total. The number of phenolic OH excluding ortho intramolecular Hbond substituents is 1. The van der Waals surface area contributed by atoms with Crippen LogP contribution >= 0.6 is 15.9 Å². The smallest absolute Gasteiger partial charge is 0.222 e. The van der Waals surface area contributed by atoms with Gasteiger partial charge in [0.1, 0.15) is 11.4 Å². The Labute approximate surface area is 108 Å². The van der Waals surface area contributed by atoms with Crippen molar-refractivity contribution >= 4 is 21.8 Å². The second-order valence-electron chi connectivity index (χ2n) is 4.03. The number of aromatic hydroxyl groups is 1. The lowest BCUT2D eigenvalue weighted by Crippen LogP contribution is -1.94. The second-order valence-corrected chi connectivity index (χ2v) is 4.82. The molecule has 0 bridgehead atoms. The number of phenols is 1. The van der Waals surface area contributed by atoms with Gasteiger partial charge < -0.3 is 15.4 Å². The monoisotopic (exact) mass is 296 g/mol. The average Bonchev–Trinajstić information content (AvgIpc) is 2.71. The van der Waals surface area contributed by atoms with E-state index in [9.17, 15) is 5.11 Å². The van der Waals surface area contributed by atoms with E-state index in [1.165, 1.54) is 0 Å². The summed E-state index contributed by atoms with van der Waals surface area (Å²) >= 11 is 3.38. The highest BCUT2D eigenvalue weighted by atomic mass is 79.9. The van der Waals surface area contributed by atoms with Gasteiger partial charge in [0.25, 0.3) is 0 Å². The Balaban J connectivity index is 2.78. The number of aromatic nitrogens is 1. The van der Waals surface area contributed by atoms with E-state index in [2.05, 4.69) is 21.1 Å². The third kappa shape index (κ3) is 1.80. The zero-order valence-corrected chi connectivity index (χ0v) is 11.4. The fraction of sp³-hybridized carbons (Fsp3) is 0.250. The molecule has 0 radical (unpaired) electrons. The number of nitrogens with zero attached hydrogens (tertiary/aromatic N) is 1. The highest BCUT2D eigenvalue weighted by molar-refractivity contribution is 9.10. The van der Waals surface area contributed by atoms with Gasteiger partial charge in [-0.1, -0.05) is 5.16 Å². The van der Waals surface area contributed by atoms with Crippen LogP contribution in [-0.2, 0) is 0 Å². The van der Waals surface area contributed by atoms with Crippen molar-refractivity contribution in [3.8, 4) is 17.0 Å². The van der Waals surface area contributed by atoms with Crippen LogP contribution in [0.3, 0.4) is 0 Å². The molecule has 5 heteroatoms. The Kier molecular flexibility index (Phi) is 2.87. The number of hydrogen-bond donors (Lipinski definition) is 2. The lowest BCUT2D eigenvalue weighted by molar-refractivity contribution is 0.439. The van der Waals surface area contributed by atoms with Gasteiger partial charge in [0.15, 0.2) is 0 Å². The molecule has 0 amide bonds. The number of nitrogen functional groups attached to an aromatic ring is 1. The molecule has 0 saturated heterocycles. The van der Waals surface area contributed by atoms with E-state index >= 15 is 0 Å². The van der Waals surface area contributed by atoms with E-state index in [-0.39, 0.29) is 11.6 Å². The van der Waals surface area contributed by atoms with Gasteiger partial charge in [-0.15, -0.1) is 0 Å². The summed E-state index contributed by atoms with van der Waals surface area (Å²) in [5.41, 5.74) is 9.85. The molecule has 4 nitrogen and oxygen atoms in total. The van der Waals surface area contributed by atoms with Crippen molar-refractivity contribution in [2.45, 2.75) is 20.8 Å². The molecule has 0 aliphatic rings. The Morgan fingerprint density at radius 2 is 1.88 bits per heavy atom. The molecule has 0 aliphatic heterocycles. The predicted octanol–water partition coefficient (Wildman–Crippen LogP) is 3.32. The van der Waals surface area contributed by atoms with E-state index < -0.39 is 0 Å². The second kappa shape index (κ2) is 4.07. The van der Waals surface area contributed by atoms with Crippen molar-refractivity contribution in [2.75, 3.05) is 5.73 Å². The van der Waals surface area contributed by atoms with E-state index in [0.29, 0.717) is 10.2 Å². The first-order chi connectivity index (χ1) is 7.93. The first-order valence-corrected chi connectivity index (χ1v) is 5.93. The number of hydrogen-bond acceptors (Lipinski definition) is 4. The van der Waals surface area contributed by atoms with Crippen molar-refractivity contribution < 1.29 is 9.63 Å². The minimum absolute atomic E-state index is 0.264. The molecule has 1 aromatic heterocycles. The maximum atomic E-state index is 9.93. The summed E-state index contributed by atoms with van der Waals surface area (Å²) in [5, 5.41) is 13.8. The molecule has 2 aromatic rings. The van der Waals surface area contributed by atoms with E-state index in [0.717, 1.165) is 22.3 Å². The predicted molar refractivity (Wildman–Crippen MR) is 69.9 cm³/mol. The van der Waals surface area contributed by atoms with Crippen LogP contribution in [0.1, 0.15) is 16.7 Å². The van der Waals surface area contributed by atoms with E-state index in [4.69, 9.17) is 10.3 Å². The zero-order chi connectivity index (χ0) is 12.7. The van der Waals surface area contributed by atoms with Crippen LogP contribution in [0.2, 0.25) is 0 Å². The van der Waals surface area contributed by atoms with Gasteiger partial charge in [-0.25, -0.2) is 0 Å². The molecule has 0 spiro atoms. The van der Waals surface area contributed by atoms with Crippen molar-refractivity contribution in [2.24, 2.45) is 0 Å². The van der Waals surface area contributed by atoms with Crippen molar-refractivity contribution in [1.29, 1.82) is 0 Å². The van der Waals surface area contributed by atoms with Crippen molar-refractivity contribution in [3.63, 3.8) is 0 Å². The molecule has 1 aromatic carbocycles. The van der Waals surface area contributed by atoms with Gasteiger partial charge in [0.2, 0.25) is 5.88 Å². The SMILES string of the molecule is Cc1c(C)c(-c2cc(N)on2)c(C)c(Br)c1O. The fourth-order valence-electron chi connectivity index (χ4n) is 1.89. The molecular formula is C12H13BrN2O2. The van der Waals surface area contributed by atoms with Crippen molar-refractivity contribution in [3.05, 3.63) is 27.2 Å². The summed E-state index contributed by atoms with van der Waals surface area (Å²) in [6.45, 7) is 5.72. The molecule has 0 unspecified atom stereocenters. The highest BCUT2D eigenvalue weighted by Gasteiger charge is 2.18. The molecule has 17 heavy (non-hydrogen) atoms. The third-order valence-corrected chi connectivity index (χ3v) is 3.96. The average molecular weight is 297 g/mol. The summed E-state index contributed by atoms with van der Waals surface area (Å²) < 4.78 is 5.57. The minimum atomic E-state index is 0.264. The first-order valence-electron chi connectivity index (χ1n) is 5.14. The number of anilines is 1. The number of benzene rings is 1. The number of halogens is 1. The molecule has 0 atom stereocenters. The Bertz CT molecular complexity index is 561. The van der Waals surface area contributed by atoms with E-state index in [1.807, 2.05) is 20.8 Å². The van der Waals surface area contributed by atoms with Gasteiger partial charge >= 0.3 is 0 Å². The quantitative estimate of drug-likeness (QED) is 0.847. The molecular weight excluding hydrogens is 284 g/mol. The fourth-order valence-corrected chi connectivity index (χ4v) is 2.39. The Morgan fingerprint density at radius 3 is 2.41 bits per heavy atom. The number of rotatable bonds is 1. The van der Waals surface area contributed by atoms with Gasteiger partial charge in [0.05, 0.1) is 4.47 Å². The lowest BCUT2D eigenvalue weighted by atomic mass is 9.95. The molecule has 0 aliphatic carbocycles. The normalized spacial score (nSPS) is 10.8. The van der Waals surface area contributed by atoms with Crippen molar-refractivity contribution in [1.82, 2.24) is 5.16 Å². The summed E-state index contributed by atoms with van der Waals surface area (Å²) in [6.07, 6.45) is 0. The zero-order valence-electron chi connectivity index (χ0n) is 9.84. The topological polar surface area (TPSA) is 72.3 Å². The van der Waals surface area contributed by atoms with Gasteiger partial charge in [-0.05, 0) is 53.4 Å². The highest BCUT2D eigenvalue weighted by Crippen LogP contribution is 2.40. The van der Waals surface area contributed by atoms with Crippen LogP contribution < -0.4 is 5.73 Å². The van der Waals surface area contributed by atoms with Crippen LogP contribution in [0.15, 0.2) is 15.1 Å². The van der Waals surface area contributed by atoms with E-state index in [1.54, 1.807) is 6.07 Å². The van der Waals surface area contributed by atoms with Gasteiger partial charge in [-0.2, -0.15) is 0 Å². The first kappa shape index (κ1) is 12.0.